The molecule has 1 N–H and O–H groups in total. The highest BCUT2D eigenvalue weighted by molar-refractivity contribution is 6.35. The third kappa shape index (κ3) is 5.16. The second-order valence-corrected chi connectivity index (χ2v) is 7.44. The van der Waals surface area contributed by atoms with Crippen molar-refractivity contribution in [1.29, 1.82) is 0 Å². The minimum absolute atomic E-state index is 0.554. The predicted octanol–water partition coefficient (Wildman–Crippen LogP) is 5.73. The smallest absolute Gasteiger partial charge is 0.0452 e. The van der Waals surface area contributed by atoms with Crippen molar-refractivity contribution in [3.63, 3.8) is 0 Å². The van der Waals surface area contributed by atoms with Crippen molar-refractivity contribution in [3.05, 3.63) is 33.8 Å². The van der Waals surface area contributed by atoms with Crippen molar-refractivity contribution in [2.75, 3.05) is 6.54 Å². The molecule has 0 aromatic heterocycles. The van der Waals surface area contributed by atoms with Gasteiger partial charge in [0.25, 0.3) is 0 Å². The Hall–Kier alpha value is -0.240. The number of nitrogens with one attached hydrogen (secondary N) is 1. The highest BCUT2D eigenvalue weighted by Crippen LogP contribution is 2.35. The SMILES string of the molecule is CC(C)NCC1CCCCCC1Cc1c(Cl)cccc1Cl. The average Bonchev–Trinajstić information content (AvgIpc) is 2.66. The van der Waals surface area contributed by atoms with Crippen LogP contribution in [0.2, 0.25) is 10.0 Å². The lowest BCUT2D eigenvalue weighted by Crippen LogP contribution is -2.33. The van der Waals surface area contributed by atoms with Gasteiger partial charge in [0.05, 0.1) is 0 Å². The lowest BCUT2D eigenvalue weighted by Gasteiger charge is -2.27. The van der Waals surface area contributed by atoms with Crippen molar-refractivity contribution in [1.82, 2.24) is 5.32 Å². The van der Waals surface area contributed by atoms with Crippen molar-refractivity contribution in [2.24, 2.45) is 11.8 Å². The second kappa shape index (κ2) is 8.41. The van der Waals surface area contributed by atoms with Gasteiger partial charge in [-0.15, -0.1) is 0 Å². The summed E-state index contributed by atoms with van der Waals surface area (Å²) in [5.74, 6) is 1.43. The summed E-state index contributed by atoms with van der Waals surface area (Å²) in [5.41, 5.74) is 1.14. The highest BCUT2D eigenvalue weighted by atomic mass is 35.5. The maximum absolute atomic E-state index is 6.36. The molecular formula is C18H27Cl2N. The Morgan fingerprint density at radius 1 is 1.05 bits per heavy atom. The number of rotatable bonds is 5. The zero-order valence-electron chi connectivity index (χ0n) is 13.2. The summed E-state index contributed by atoms with van der Waals surface area (Å²) in [6, 6.07) is 6.40. The Labute approximate surface area is 139 Å². The number of halogens is 2. The molecule has 118 valence electrons. The van der Waals surface area contributed by atoms with E-state index in [4.69, 9.17) is 23.2 Å². The molecule has 1 fully saturated rings. The summed E-state index contributed by atoms with van der Waals surface area (Å²) in [6.07, 6.45) is 7.70. The van der Waals surface area contributed by atoms with E-state index in [9.17, 15) is 0 Å². The Morgan fingerprint density at radius 2 is 1.67 bits per heavy atom. The molecule has 3 heteroatoms. The lowest BCUT2D eigenvalue weighted by molar-refractivity contribution is 0.291. The van der Waals surface area contributed by atoms with E-state index in [1.165, 1.54) is 32.1 Å². The molecule has 1 aliphatic rings. The average molecular weight is 328 g/mol. The minimum Gasteiger partial charge on any atom is -0.314 e. The van der Waals surface area contributed by atoms with E-state index in [2.05, 4.69) is 19.2 Å². The molecule has 0 aliphatic heterocycles. The van der Waals surface area contributed by atoms with Gasteiger partial charge in [-0.1, -0.05) is 62.4 Å². The van der Waals surface area contributed by atoms with E-state index >= 15 is 0 Å². The molecule has 0 amide bonds. The number of hydrogen-bond donors (Lipinski definition) is 1. The van der Waals surface area contributed by atoms with Gasteiger partial charge in [0.1, 0.15) is 0 Å². The molecule has 1 nitrogen and oxygen atoms in total. The van der Waals surface area contributed by atoms with E-state index in [-0.39, 0.29) is 0 Å². The molecule has 1 aromatic carbocycles. The zero-order valence-corrected chi connectivity index (χ0v) is 14.7. The predicted molar refractivity (Wildman–Crippen MR) is 93.4 cm³/mol. The van der Waals surface area contributed by atoms with Gasteiger partial charge < -0.3 is 5.32 Å². The fourth-order valence-corrected chi connectivity index (χ4v) is 3.93. The van der Waals surface area contributed by atoms with Gasteiger partial charge in [0.15, 0.2) is 0 Å². The van der Waals surface area contributed by atoms with Crippen LogP contribution in [0.4, 0.5) is 0 Å². The van der Waals surface area contributed by atoms with Crippen molar-refractivity contribution in [2.45, 2.75) is 58.4 Å². The highest BCUT2D eigenvalue weighted by Gasteiger charge is 2.25. The van der Waals surface area contributed by atoms with E-state index in [0.29, 0.717) is 12.0 Å². The monoisotopic (exact) mass is 327 g/mol. The van der Waals surface area contributed by atoms with Crippen LogP contribution in [0.1, 0.15) is 51.5 Å². The minimum atomic E-state index is 0.554. The van der Waals surface area contributed by atoms with Crippen LogP contribution in [0.3, 0.4) is 0 Å². The first kappa shape index (κ1) is 17.1. The van der Waals surface area contributed by atoms with Crippen LogP contribution in [0, 0.1) is 11.8 Å². The normalized spacial score (nSPS) is 23.3. The molecule has 0 bridgehead atoms. The summed E-state index contributed by atoms with van der Waals surface area (Å²) in [5, 5.41) is 5.27. The first-order chi connectivity index (χ1) is 10.1. The summed E-state index contributed by atoms with van der Waals surface area (Å²) in [6.45, 7) is 5.55. The quantitative estimate of drug-likeness (QED) is 0.681. The molecule has 2 atom stereocenters. The Kier molecular flexibility index (Phi) is 6.85. The van der Waals surface area contributed by atoms with E-state index in [1.54, 1.807) is 0 Å². The van der Waals surface area contributed by atoms with Gasteiger partial charge in [-0.2, -0.15) is 0 Å². The molecular weight excluding hydrogens is 301 g/mol. The summed E-state index contributed by atoms with van der Waals surface area (Å²) in [4.78, 5) is 0. The van der Waals surface area contributed by atoms with Crippen molar-refractivity contribution < 1.29 is 0 Å². The molecule has 2 unspecified atom stereocenters. The maximum atomic E-state index is 6.36. The fraction of sp³-hybridized carbons (Fsp3) is 0.667. The molecule has 2 rings (SSSR count). The first-order valence-electron chi connectivity index (χ1n) is 8.24. The van der Waals surface area contributed by atoms with Crippen molar-refractivity contribution in [3.8, 4) is 0 Å². The van der Waals surface area contributed by atoms with Crippen LogP contribution in [0.15, 0.2) is 18.2 Å². The van der Waals surface area contributed by atoms with E-state index in [1.807, 2.05) is 18.2 Å². The molecule has 0 heterocycles. The topological polar surface area (TPSA) is 12.0 Å². The fourth-order valence-electron chi connectivity index (χ4n) is 3.38. The van der Waals surface area contributed by atoms with Crippen LogP contribution >= 0.6 is 23.2 Å². The number of hydrogen-bond acceptors (Lipinski definition) is 1. The standard InChI is InChI=1S/C18H27Cl2N/c1-13(2)21-12-15-8-5-3-4-7-14(15)11-16-17(19)9-6-10-18(16)20/h6,9-10,13-15,21H,3-5,7-8,11-12H2,1-2H3. The Morgan fingerprint density at radius 3 is 2.29 bits per heavy atom. The third-order valence-corrected chi connectivity index (χ3v) is 5.34. The van der Waals surface area contributed by atoms with Gasteiger partial charge in [0.2, 0.25) is 0 Å². The summed E-state index contributed by atoms with van der Waals surface area (Å²) in [7, 11) is 0. The Bertz CT molecular complexity index is 425. The van der Waals surface area contributed by atoms with Crippen LogP contribution in [-0.2, 0) is 6.42 Å². The molecule has 0 radical (unpaired) electrons. The van der Waals surface area contributed by atoms with Gasteiger partial charge in [-0.25, -0.2) is 0 Å². The maximum Gasteiger partial charge on any atom is 0.0452 e. The molecule has 1 aliphatic carbocycles. The largest absolute Gasteiger partial charge is 0.314 e. The van der Waals surface area contributed by atoms with E-state index < -0.39 is 0 Å². The summed E-state index contributed by atoms with van der Waals surface area (Å²) >= 11 is 12.7. The van der Waals surface area contributed by atoms with Crippen LogP contribution in [0.25, 0.3) is 0 Å². The zero-order chi connectivity index (χ0) is 15.2. The molecule has 0 spiro atoms. The van der Waals surface area contributed by atoms with Gasteiger partial charge in [0, 0.05) is 16.1 Å². The first-order valence-corrected chi connectivity index (χ1v) is 8.99. The van der Waals surface area contributed by atoms with Crippen LogP contribution in [0.5, 0.6) is 0 Å². The van der Waals surface area contributed by atoms with Crippen LogP contribution in [-0.4, -0.2) is 12.6 Å². The summed E-state index contributed by atoms with van der Waals surface area (Å²) < 4.78 is 0. The van der Waals surface area contributed by atoms with Gasteiger partial charge in [-0.05, 0) is 55.3 Å². The molecule has 1 saturated carbocycles. The van der Waals surface area contributed by atoms with Crippen molar-refractivity contribution >= 4 is 23.2 Å². The Balaban J connectivity index is 2.09. The van der Waals surface area contributed by atoms with Crippen LogP contribution < -0.4 is 5.32 Å². The van der Waals surface area contributed by atoms with Gasteiger partial charge in [-0.3, -0.25) is 0 Å². The van der Waals surface area contributed by atoms with E-state index in [0.717, 1.165) is 34.5 Å². The molecule has 0 saturated heterocycles. The lowest BCUT2D eigenvalue weighted by atomic mass is 9.83. The van der Waals surface area contributed by atoms with Gasteiger partial charge >= 0.3 is 0 Å². The number of benzene rings is 1. The molecule has 21 heavy (non-hydrogen) atoms. The molecule has 1 aromatic rings. The second-order valence-electron chi connectivity index (χ2n) is 6.63. The third-order valence-electron chi connectivity index (χ3n) is 4.63.